The summed E-state index contributed by atoms with van der Waals surface area (Å²) in [5, 5.41) is 31.1. The molecule has 0 saturated carbocycles. The van der Waals surface area contributed by atoms with Gasteiger partial charge in [0.1, 0.15) is 23.2 Å². The normalized spacial score (nSPS) is 18.4. The van der Waals surface area contributed by atoms with Crippen LogP contribution >= 0.6 is 45.1 Å². The number of nitrogens with zero attached hydrogens (tertiary/aromatic N) is 1. The molecule has 0 radical (unpaired) electrons. The molecule has 10 nitrogen and oxygen atoms in total. The van der Waals surface area contributed by atoms with Gasteiger partial charge in [-0.15, -0.1) is 11.8 Å². The largest absolute Gasteiger partial charge is 0.508 e. The molecule has 1 aliphatic rings. The van der Waals surface area contributed by atoms with Crippen molar-refractivity contribution in [2.24, 2.45) is 5.41 Å². The molecule has 216 valence electrons. The van der Waals surface area contributed by atoms with E-state index in [1.807, 2.05) is 0 Å². The van der Waals surface area contributed by atoms with Crippen LogP contribution in [0.2, 0.25) is 0 Å². The summed E-state index contributed by atoms with van der Waals surface area (Å²) in [5.74, 6) is -2.92. The van der Waals surface area contributed by atoms with E-state index in [-0.39, 0.29) is 40.5 Å². The summed E-state index contributed by atoms with van der Waals surface area (Å²) in [7, 11) is 2.41. The number of rotatable bonds is 12. The Labute approximate surface area is 244 Å². The number of carbonyl (C=O) groups excluding carboxylic acids is 3. The van der Waals surface area contributed by atoms with Crippen LogP contribution in [-0.4, -0.2) is 83.2 Å². The van der Waals surface area contributed by atoms with Gasteiger partial charge in [0.15, 0.2) is 5.12 Å². The highest BCUT2D eigenvalue weighted by molar-refractivity contribution is 8.77. The molecule has 1 aromatic carbocycles. The number of hydrogen-bond acceptors (Lipinski definition) is 10. The molecule has 2 amide bonds. The van der Waals surface area contributed by atoms with Crippen molar-refractivity contribution < 1.29 is 39.3 Å². The van der Waals surface area contributed by atoms with Gasteiger partial charge in [-0.25, -0.2) is 9.59 Å². The van der Waals surface area contributed by atoms with Crippen molar-refractivity contribution in [3.05, 3.63) is 29.8 Å². The molecule has 1 aliphatic heterocycles. The minimum absolute atomic E-state index is 0.00705. The molecule has 0 spiro atoms. The Balaban J connectivity index is 1.94. The number of carbonyl (C=O) groups is 5. The number of thioether (sulfide) groups is 2. The molecule has 3 atom stereocenters. The van der Waals surface area contributed by atoms with Crippen molar-refractivity contribution in [1.82, 2.24) is 10.2 Å². The number of phenolic OH excluding ortho intramolecular Hbond substituents is 1. The maximum atomic E-state index is 13.1. The Morgan fingerprint density at radius 1 is 1.10 bits per heavy atom. The third-order valence-electron chi connectivity index (χ3n) is 5.59. The maximum absolute atomic E-state index is 13.1. The van der Waals surface area contributed by atoms with Crippen LogP contribution in [0.15, 0.2) is 24.3 Å². The molecule has 1 saturated heterocycles. The Hall–Kier alpha value is -2.03. The number of amides is 2. The zero-order chi connectivity index (χ0) is 29.5. The first kappa shape index (κ1) is 33.2. The summed E-state index contributed by atoms with van der Waals surface area (Å²) in [6, 6.07) is 4.24. The van der Waals surface area contributed by atoms with E-state index in [9.17, 15) is 39.3 Å². The number of aliphatic carboxylic acids is 2. The van der Waals surface area contributed by atoms with Crippen LogP contribution in [0.1, 0.15) is 52.0 Å². The zero-order valence-corrected chi connectivity index (χ0v) is 25.6. The van der Waals surface area contributed by atoms with Crippen molar-refractivity contribution >= 4 is 74.0 Å². The summed E-state index contributed by atoms with van der Waals surface area (Å²) in [6.07, 6.45) is 0.00705. The molecule has 2 rings (SSSR count). The van der Waals surface area contributed by atoms with Crippen molar-refractivity contribution in [3.63, 3.8) is 0 Å². The fourth-order valence-corrected chi connectivity index (χ4v) is 8.13. The van der Waals surface area contributed by atoms with Gasteiger partial charge in [0.25, 0.3) is 0 Å². The lowest BCUT2D eigenvalue weighted by molar-refractivity contribution is -0.149. The predicted molar refractivity (Wildman–Crippen MR) is 157 cm³/mol. The van der Waals surface area contributed by atoms with E-state index in [0.29, 0.717) is 5.56 Å². The van der Waals surface area contributed by atoms with Gasteiger partial charge in [-0.3, -0.25) is 14.4 Å². The molecule has 1 aromatic rings. The monoisotopic (exact) mass is 618 g/mol. The minimum atomic E-state index is -1.24. The molecule has 39 heavy (non-hydrogen) atoms. The second kappa shape index (κ2) is 14.0. The number of nitrogens with one attached hydrogen (secondary N) is 1. The van der Waals surface area contributed by atoms with E-state index in [1.54, 1.807) is 52.8 Å². The van der Waals surface area contributed by atoms with Gasteiger partial charge in [0.2, 0.25) is 11.8 Å². The first-order chi connectivity index (χ1) is 18.1. The summed E-state index contributed by atoms with van der Waals surface area (Å²) in [6.45, 7) is 8.44. The van der Waals surface area contributed by atoms with Gasteiger partial charge in [-0.05, 0) is 19.9 Å². The molecule has 0 bridgehead atoms. The molecule has 0 aliphatic carbocycles. The molecule has 4 N–H and O–H groups in total. The Kier molecular flexibility index (Phi) is 11.9. The molecular weight excluding hydrogens is 585 g/mol. The van der Waals surface area contributed by atoms with Gasteiger partial charge in [0.05, 0.1) is 4.75 Å². The van der Waals surface area contributed by atoms with Crippen LogP contribution in [0.3, 0.4) is 0 Å². The van der Waals surface area contributed by atoms with Crippen molar-refractivity contribution in [2.75, 3.05) is 17.3 Å². The first-order valence-corrected chi connectivity index (χ1v) is 16.4. The maximum Gasteiger partial charge on any atom is 0.327 e. The summed E-state index contributed by atoms with van der Waals surface area (Å²) in [4.78, 5) is 62.8. The lowest BCUT2D eigenvalue weighted by Crippen LogP contribution is -2.49. The van der Waals surface area contributed by atoms with E-state index >= 15 is 0 Å². The van der Waals surface area contributed by atoms with Crippen LogP contribution in [-0.2, 0) is 24.0 Å². The highest BCUT2D eigenvalue weighted by Gasteiger charge is 2.43. The Morgan fingerprint density at radius 2 is 1.74 bits per heavy atom. The van der Waals surface area contributed by atoms with Crippen LogP contribution in [0, 0.1) is 5.41 Å². The number of carboxylic acid groups (broad SMARTS) is 2. The number of aromatic hydroxyl groups is 1. The van der Waals surface area contributed by atoms with Gasteiger partial charge in [0, 0.05) is 34.7 Å². The second-order valence-corrected chi connectivity index (χ2v) is 15.4. The predicted octanol–water partition coefficient (Wildman–Crippen LogP) is 3.84. The lowest BCUT2D eigenvalue weighted by atomic mass is 10.00. The molecule has 1 heterocycles. The van der Waals surface area contributed by atoms with Crippen molar-refractivity contribution in [1.29, 1.82) is 0 Å². The number of para-hydroxylation sites is 1. The summed E-state index contributed by atoms with van der Waals surface area (Å²) in [5.41, 5.74) is -0.171. The zero-order valence-electron chi connectivity index (χ0n) is 22.3. The number of phenols is 1. The molecule has 1 unspecified atom stereocenters. The van der Waals surface area contributed by atoms with E-state index in [4.69, 9.17) is 0 Å². The van der Waals surface area contributed by atoms with Crippen LogP contribution in [0.4, 0.5) is 0 Å². The van der Waals surface area contributed by atoms with Gasteiger partial charge in [-0.2, -0.15) is 0 Å². The van der Waals surface area contributed by atoms with Crippen LogP contribution in [0.25, 0.3) is 0 Å². The van der Waals surface area contributed by atoms with E-state index < -0.39 is 45.5 Å². The van der Waals surface area contributed by atoms with Crippen LogP contribution < -0.4 is 5.32 Å². The molecule has 1 fully saturated rings. The van der Waals surface area contributed by atoms with Gasteiger partial charge in [-0.1, -0.05) is 72.3 Å². The summed E-state index contributed by atoms with van der Waals surface area (Å²) >= 11 is 2.14. The average molecular weight is 619 g/mol. The highest BCUT2D eigenvalue weighted by atomic mass is 33.1. The fourth-order valence-electron chi connectivity index (χ4n) is 3.30. The van der Waals surface area contributed by atoms with E-state index in [2.05, 4.69) is 5.32 Å². The Bertz CT molecular complexity index is 1090. The first-order valence-electron chi connectivity index (χ1n) is 12.0. The quantitative estimate of drug-likeness (QED) is 0.198. The third-order valence-corrected chi connectivity index (χ3v) is 11.5. The van der Waals surface area contributed by atoms with Crippen molar-refractivity contribution in [2.45, 2.75) is 63.2 Å². The SMILES string of the molecule is CC(C)(C)C(=O)SC[C@H](NC(=O)C(C)(C)SSCCC(=O)N1C(c2ccccc2O)SC[C@H]1C(=O)O)C(=O)O. The highest BCUT2D eigenvalue weighted by Crippen LogP contribution is 2.45. The molecular formula is C25H34N2O8S4. The Morgan fingerprint density at radius 3 is 2.31 bits per heavy atom. The number of benzene rings is 1. The van der Waals surface area contributed by atoms with Gasteiger partial charge >= 0.3 is 11.9 Å². The lowest BCUT2D eigenvalue weighted by Gasteiger charge is -2.28. The van der Waals surface area contributed by atoms with E-state index in [1.165, 1.54) is 44.3 Å². The van der Waals surface area contributed by atoms with Crippen LogP contribution in [0.5, 0.6) is 5.75 Å². The van der Waals surface area contributed by atoms with Crippen molar-refractivity contribution in [3.8, 4) is 5.75 Å². The fraction of sp³-hybridized carbons (Fsp3) is 0.560. The topological polar surface area (TPSA) is 161 Å². The molecule has 14 heteroatoms. The molecule has 0 aromatic heterocycles. The van der Waals surface area contributed by atoms with E-state index in [0.717, 1.165) is 11.8 Å². The second-order valence-electron chi connectivity index (χ2n) is 10.3. The summed E-state index contributed by atoms with van der Waals surface area (Å²) < 4.78 is -1.05. The standard InChI is InChI=1S/C25H34N2O8S4/c1-24(2,3)23(35)37-12-15(20(30)31)26-22(34)25(4,5)39-38-11-10-18(29)27-16(21(32)33)13-36-19(27)14-8-6-7-9-17(14)28/h6-9,15-16,19,28H,10-13H2,1-5H3,(H,26,34)(H,30,31)(H,32,33)/t15-,16-,19?/m0/s1. The smallest absolute Gasteiger partial charge is 0.327 e. The average Bonchev–Trinajstić information content (AvgIpc) is 3.28. The third kappa shape index (κ3) is 9.25. The van der Waals surface area contributed by atoms with Gasteiger partial charge < -0.3 is 25.5 Å². The number of hydrogen-bond donors (Lipinski definition) is 4. The minimum Gasteiger partial charge on any atom is -0.508 e. The number of carboxylic acids is 2.